The van der Waals surface area contributed by atoms with Gasteiger partial charge in [-0.2, -0.15) is 8.75 Å². The van der Waals surface area contributed by atoms with Crippen LogP contribution in [0.1, 0.15) is 6.92 Å². The van der Waals surface area contributed by atoms with E-state index < -0.39 is 16.1 Å². The highest BCUT2D eigenvalue weighted by atomic mass is 79.9. The summed E-state index contributed by atoms with van der Waals surface area (Å²) in [7, 11) is -3.78. The number of amides is 1. The van der Waals surface area contributed by atoms with E-state index >= 15 is 0 Å². The number of halogens is 1. The second-order valence-corrected chi connectivity index (χ2v) is 6.84. The van der Waals surface area contributed by atoms with Crippen LogP contribution in [0.5, 0.6) is 0 Å². The topological polar surface area (TPSA) is 110 Å². The van der Waals surface area contributed by atoms with Gasteiger partial charge in [0.15, 0.2) is 10.4 Å². The summed E-state index contributed by atoms with van der Waals surface area (Å²) in [6, 6.07) is 5.63. The predicted octanol–water partition coefficient (Wildman–Crippen LogP) is 2.67. The molecule has 0 aliphatic heterocycles. The van der Waals surface area contributed by atoms with Gasteiger partial charge in [0.25, 0.3) is 10.0 Å². The van der Waals surface area contributed by atoms with Crippen LogP contribution in [-0.4, -0.2) is 29.9 Å². The minimum atomic E-state index is -3.78. The zero-order valence-electron chi connectivity index (χ0n) is 11.2. The van der Waals surface area contributed by atoms with Gasteiger partial charge in [-0.25, -0.2) is 13.2 Å². The highest BCUT2D eigenvalue weighted by Gasteiger charge is 2.18. The van der Waals surface area contributed by atoms with Crippen molar-refractivity contribution in [3.05, 3.63) is 28.9 Å². The number of hydrogen-bond donors (Lipinski definition) is 2. The Labute approximate surface area is 139 Å². The van der Waals surface area contributed by atoms with Crippen LogP contribution in [0.25, 0.3) is 0 Å². The molecule has 0 atom stereocenters. The molecule has 118 valence electrons. The van der Waals surface area contributed by atoms with Crippen LogP contribution in [0.4, 0.5) is 16.3 Å². The third kappa shape index (κ3) is 4.15. The number of anilines is 2. The van der Waals surface area contributed by atoms with Gasteiger partial charge < -0.3 is 4.74 Å². The molecule has 2 N–H and O–H groups in total. The van der Waals surface area contributed by atoms with Crippen LogP contribution in [0.3, 0.4) is 0 Å². The number of hydrogen-bond acceptors (Lipinski definition) is 7. The molecule has 1 amide bonds. The fourth-order valence-electron chi connectivity index (χ4n) is 1.43. The Morgan fingerprint density at radius 3 is 2.55 bits per heavy atom. The molecule has 0 unspecified atom stereocenters. The molecular weight excluding hydrogens is 396 g/mol. The van der Waals surface area contributed by atoms with Gasteiger partial charge in [-0.3, -0.25) is 10.0 Å². The zero-order chi connectivity index (χ0) is 16.2. The second-order valence-electron chi connectivity index (χ2n) is 3.88. The van der Waals surface area contributed by atoms with E-state index in [-0.39, 0.29) is 17.3 Å². The van der Waals surface area contributed by atoms with Gasteiger partial charge in [-0.1, -0.05) is 0 Å². The van der Waals surface area contributed by atoms with E-state index in [4.69, 9.17) is 4.74 Å². The first-order valence-corrected chi connectivity index (χ1v) is 8.97. The van der Waals surface area contributed by atoms with Crippen molar-refractivity contribution in [1.29, 1.82) is 0 Å². The van der Waals surface area contributed by atoms with Crippen molar-refractivity contribution in [2.75, 3.05) is 16.6 Å². The van der Waals surface area contributed by atoms with Gasteiger partial charge in [0.05, 0.1) is 23.2 Å². The predicted molar refractivity (Wildman–Crippen MR) is 85.5 cm³/mol. The van der Waals surface area contributed by atoms with Crippen molar-refractivity contribution in [2.24, 2.45) is 0 Å². The van der Waals surface area contributed by atoms with Gasteiger partial charge in [0.2, 0.25) is 0 Å². The zero-order valence-corrected chi connectivity index (χ0v) is 14.5. The number of aromatic nitrogens is 2. The molecule has 0 saturated carbocycles. The Hall–Kier alpha value is -1.72. The molecule has 0 aliphatic rings. The van der Waals surface area contributed by atoms with Crippen LogP contribution in [0, 0.1) is 0 Å². The second kappa shape index (κ2) is 7.03. The highest BCUT2D eigenvalue weighted by Crippen LogP contribution is 2.23. The number of nitrogens with one attached hydrogen (secondary N) is 2. The molecule has 2 rings (SSSR count). The number of carbonyl (C=O) groups excluding carboxylic acids is 1. The van der Waals surface area contributed by atoms with E-state index in [1.807, 2.05) is 0 Å². The Kier molecular flexibility index (Phi) is 5.32. The molecule has 2 aromatic rings. The van der Waals surface area contributed by atoms with Crippen molar-refractivity contribution in [1.82, 2.24) is 8.75 Å². The Morgan fingerprint density at radius 1 is 1.32 bits per heavy atom. The number of nitrogens with zero attached hydrogens (tertiary/aromatic N) is 2. The van der Waals surface area contributed by atoms with E-state index in [9.17, 15) is 13.2 Å². The molecule has 11 heteroatoms. The van der Waals surface area contributed by atoms with Gasteiger partial charge in [-0.15, -0.1) is 0 Å². The highest BCUT2D eigenvalue weighted by molar-refractivity contribution is 9.10. The maximum absolute atomic E-state index is 12.2. The number of sulfonamides is 1. The molecule has 0 bridgehead atoms. The van der Waals surface area contributed by atoms with Gasteiger partial charge >= 0.3 is 6.09 Å². The maximum Gasteiger partial charge on any atom is 0.411 e. The first-order valence-electron chi connectivity index (χ1n) is 5.97. The van der Waals surface area contributed by atoms with E-state index in [0.717, 1.165) is 11.7 Å². The van der Waals surface area contributed by atoms with Crippen LogP contribution in [0.2, 0.25) is 0 Å². The Balaban J connectivity index is 2.12. The summed E-state index contributed by atoms with van der Waals surface area (Å²) >= 11 is 3.97. The fraction of sp³-hybridized carbons (Fsp3) is 0.182. The summed E-state index contributed by atoms with van der Waals surface area (Å²) < 4.78 is 39.4. The molecule has 0 spiro atoms. The lowest BCUT2D eigenvalue weighted by molar-refractivity contribution is 0.168. The van der Waals surface area contributed by atoms with Gasteiger partial charge in [0, 0.05) is 5.69 Å². The molecule has 0 fully saturated rings. The number of rotatable bonds is 5. The average Bonchev–Trinajstić information content (AvgIpc) is 2.84. The van der Waals surface area contributed by atoms with Crippen LogP contribution < -0.4 is 10.0 Å². The molecule has 1 aromatic carbocycles. The van der Waals surface area contributed by atoms with E-state index in [2.05, 4.69) is 34.7 Å². The molecular formula is C11H11BrN4O4S2. The monoisotopic (exact) mass is 406 g/mol. The van der Waals surface area contributed by atoms with Crippen molar-refractivity contribution in [2.45, 2.75) is 11.8 Å². The van der Waals surface area contributed by atoms with Crippen LogP contribution in [0.15, 0.2) is 33.8 Å². The number of carbonyl (C=O) groups is 1. The number of ether oxygens (including phenoxy) is 1. The first kappa shape index (κ1) is 16.6. The minimum Gasteiger partial charge on any atom is -0.450 e. The Morgan fingerprint density at radius 2 is 2.00 bits per heavy atom. The van der Waals surface area contributed by atoms with Gasteiger partial charge in [0.1, 0.15) is 0 Å². The lowest BCUT2D eigenvalue weighted by atomic mass is 10.3. The van der Waals surface area contributed by atoms with Crippen molar-refractivity contribution < 1.29 is 17.9 Å². The third-order valence-corrected chi connectivity index (χ3v) is 5.04. The summed E-state index contributed by atoms with van der Waals surface area (Å²) in [5.74, 6) is 0.124. The molecule has 0 saturated heterocycles. The molecule has 1 aromatic heterocycles. The first-order chi connectivity index (χ1) is 10.4. The fourth-order valence-corrected chi connectivity index (χ4v) is 3.54. The third-order valence-electron chi connectivity index (χ3n) is 2.37. The maximum atomic E-state index is 12.2. The van der Waals surface area contributed by atoms with Crippen LogP contribution in [-0.2, 0) is 14.8 Å². The molecule has 22 heavy (non-hydrogen) atoms. The molecule has 0 aliphatic carbocycles. The lowest BCUT2D eigenvalue weighted by Crippen LogP contribution is -2.15. The lowest BCUT2D eigenvalue weighted by Gasteiger charge is -2.08. The van der Waals surface area contributed by atoms with E-state index in [1.165, 1.54) is 24.3 Å². The average molecular weight is 407 g/mol. The molecule has 0 radical (unpaired) electrons. The van der Waals surface area contributed by atoms with E-state index in [0.29, 0.717) is 10.3 Å². The van der Waals surface area contributed by atoms with Crippen molar-refractivity contribution in [3.63, 3.8) is 0 Å². The quantitative estimate of drug-likeness (QED) is 0.789. The largest absolute Gasteiger partial charge is 0.450 e. The SMILES string of the molecule is CCOC(=O)Nc1ccc(S(=O)(=O)Nc2nsnc2Br)cc1. The summed E-state index contributed by atoms with van der Waals surface area (Å²) in [4.78, 5) is 11.3. The molecule has 8 nitrogen and oxygen atoms in total. The summed E-state index contributed by atoms with van der Waals surface area (Å²) in [5, 5.41) is 2.47. The Bertz CT molecular complexity index is 761. The smallest absolute Gasteiger partial charge is 0.411 e. The standard InChI is InChI=1S/C11H11BrN4O4S2/c1-2-20-11(17)13-7-3-5-8(6-4-7)22(18,19)16-10-9(12)14-21-15-10/h3-6H,2H2,1H3,(H,13,17)(H,15,16). The van der Waals surface area contributed by atoms with Crippen molar-refractivity contribution >= 4 is 55.3 Å². The molecule has 1 heterocycles. The summed E-state index contributed by atoms with van der Waals surface area (Å²) in [6.07, 6.45) is -0.603. The van der Waals surface area contributed by atoms with Crippen molar-refractivity contribution in [3.8, 4) is 0 Å². The van der Waals surface area contributed by atoms with Crippen LogP contribution >= 0.6 is 27.7 Å². The summed E-state index contributed by atoms with van der Waals surface area (Å²) in [6.45, 7) is 1.94. The normalized spacial score (nSPS) is 11.0. The summed E-state index contributed by atoms with van der Waals surface area (Å²) in [5.41, 5.74) is 0.425. The number of benzene rings is 1. The van der Waals surface area contributed by atoms with Gasteiger partial charge in [-0.05, 0) is 47.1 Å². The minimum absolute atomic E-state index is 0.0295. The van der Waals surface area contributed by atoms with E-state index in [1.54, 1.807) is 6.92 Å².